The second-order valence-electron chi connectivity index (χ2n) is 5.57. The zero-order valence-electron chi connectivity index (χ0n) is 14.1. The Hall–Kier alpha value is -3.07. The summed E-state index contributed by atoms with van der Waals surface area (Å²) in [5.74, 6) is -0.0855. The molecule has 0 bridgehead atoms. The van der Waals surface area contributed by atoms with Crippen LogP contribution in [-0.2, 0) is 6.18 Å². The van der Waals surface area contributed by atoms with Crippen LogP contribution in [0.3, 0.4) is 0 Å². The Bertz CT molecular complexity index is 979. The highest BCUT2D eigenvalue weighted by molar-refractivity contribution is 9.10. The van der Waals surface area contributed by atoms with Gasteiger partial charge >= 0.3 is 12.2 Å². The lowest BCUT2D eigenvalue weighted by Crippen LogP contribution is -2.19. The SMILES string of the molecule is O=C(Nc1ccc(Br)cc1)Nc1cccnc1Oc1cccc(C(F)(F)F)c1. The Morgan fingerprint density at radius 3 is 2.46 bits per heavy atom. The van der Waals surface area contributed by atoms with Crippen LogP contribution in [0.2, 0.25) is 0 Å². The molecule has 2 N–H and O–H groups in total. The Balaban J connectivity index is 1.74. The molecule has 0 spiro atoms. The van der Waals surface area contributed by atoms with Gasteiger partial charge in [0.2, 0.25) is 5.88 Å². The first-order chi connectivity index (χ1) is 13.3. The standard InChI is InChI=1S/C19H13BrF3N3O2/c20-13-6-8-14(9-7-13)25-18(27)26-16-5-2-10-24-17(16)28-15-4-1-3-12(11-15)19(21,22)23/h1-11H,(H2,25,26,27). The summed E-state index contributed by atoms with van der Waals surface area (Å²) in [5.41, 5.74) is -0.0807. The van der Waals surface area contributed by atoms with Crippen LogP contribution >= 0.6 is 15.9 Å². The fourth-order valence-corrected chi connectivity index (χ4v) is 2.50. The van der Waals surface area contributed by atoms with E-state index in [1.165, 1.54) is 24.4 Å². The number of carbonyl (C=O) groups excluding carboxylic acids is 1. The highest BCUT2D eigenvalue weighted by atomic mass is 79.9. The van der Waals surface area contributed by atoms with Gasteiger partial charge in [-0.1, -0.05) is 22.0 Å². The van der Waals surface area contributed by atoms with Crippen LogP contribution in [0.15, 0.2) is 71.3 Å². The number of nitrogens with one attached hydrogen (secondary N) is 2. The molecule has 0 saturated carbocycles. The Kier molecular flexibility index (Phi) is 5.84. The number of rotatable bonds is 4. The predicted molar refractivity (Wildman–Crippen MR) is 103 cm³/mol. The van der Waals surface area contributed by atoms with Gasteiger partial charge in [0.25, 0.3) is 0 Å². The number of carbonyl (C=O) groups is 1. The molecular formula is C19H13BrF3N3O2. The average molecular weight is 452 g/mol. The molecule has 0 aliphatic carbocycles. The first-order valence-electron chi connectivity index (χ1n) is 7.95. The lowest BCUT2D eigenvalue weighted by molar-refractivity contribution is -0.137. The highest BCUT2D eigenvalue weighted by Crippen LogP contribution is 2.33. The van der Waals surface area contributed by atoms with Crippen molar-refractivity contribution in [1.29, 1.82) is 0 Å². The van der Waals surface area contributed by atoms with Crippen LogP contribution in [0.1, 0.15) is 5.56 Å². The Morgan fingerprint density at radius 1 is 1.00 bits per heavy atom. The number of ether oxygens (including phenoxy) is 1. The first kappa shape index (κ1) is 19.7. The fourth-order valence-electron chi connectivity index (χ4n) is 2.23. The van der Waals surface area contributed by atoms with Crippen LogP contribution in [0, 0.1) is 0 Å². The van der Waals surface area contributed by atoms with Crippen LogP contribution in [0.5, 0.6) is 11.6 Å². The quantitative estimate of drug-likeness (QED) is 0.489. The zero-order chi connectivity index (χ0) is 20.1. The van der Waals surface area contributed by atoms with Gasteiger partial charge in [0.1, 0.15) is 11.4 Å². The van der Waals surface area contributed by atoms with Gasteiger partial charge in [-0.15, -0.1) is 0 Å². The van der Waals surface area contributed by atoms with E-state index in [0.29, 0.717) is 5.69 Å². The molecule has 2 amide bonds. The molecule has 28 heavy (non-hydrogen) atoms. The topological polar surface area (TPSA) is 63.2 Å². The molecule has 0 saturated heterocycles. The number of anilines is 2. The highest BCUT2D eigenvalue weighted by Gasteiger charge is 2.30. The average Bonchev–Trinajstić information content (AvgIpc) is 2.65. The molecule has 5 nitrogen and oxygen atoms in total. The largest absolute Gasteiger partial charge is 0.437 e. The summed E-state index contributed by atoms with van der Waals surface area (Å²) in [6.07, 6.45) is -3.09. The number of nitrogens with zero attached hydrogens (tertiary/aromatic N) is 1. The third kappa shape index (κ3) is 5.23. The maximum atomic E-state index is 12.9. The monoisotopic (exact) mass is 451 g/mol. The van der Waals surface area contributed by atoms with Crippen LogP contribution < -0.4 is 15.4 Å². The van der Waals surface area contributed by atoms with Gasteiger partial charge in [0, 0.05) is 16.4 Å². The number of aromatic nitrogens is 1. The van der Waals surface area contributed by atoms with Gasteiger partial charge in [-0.3, -0.25) is 0 Å². The molecule has 1 aromatic heterocycles. The van der Waals surface area contributed by atoms with Crippen molar-refractivity contribution in [2.75, 3.05) is 10.6 Å². The number of halogens is 4. The summed E-state index contributed by atoms with van der Waals surface area (Å²) in [4.78, 5) is 16.2. The molecule has 3 rings (SSSR count). The lowest BCUT2D eigenvalue weighted by Gasteiger charge is -2.13. The van der Waals surface area contributed by atoms with Gasteiger partial charge in [-0.2, -0.15) is 13.2 Å². The van der Waals surface area contributed by atoms with Gasteiger partial charge < -0.3 is 15.4 Å². The van der Waals surface area contributed by atoms with E-state index in [-0.39, 0.29) is 17.3 Å². The molecule has 1 heterocycles. The molecule has 0 aliphatic rings. The van der Waals surface area contributed by atoms with E-state index in [4.69, 9.17) is 4.74 Å². The zero-order valence-corrected chi connectivity index (χ0v) is 15.7. The second kappa shape index (κ2) is 8.30. The molecular weight excluding hydrogens is 439 g/mol. The lowest BCUT2D eigenvalue weighted by atomic mass is 10.2. The van der Waals surface area contributed by atoms with Crippen molar-refractivity contribution >= 4 is 33.3 Å². The molecule has 9 heteroatoms. The van der Waals surface area contributed by atoms with Crippen molar-refractivity contribution in [3.05, 3.63) is 76.9 Å². The molecule has 0 fully saturated rings. The van der Waals surface area contributed by atoms with Crippen molar-refractivity contribution < 1.29 is 22.7 Å². The van der Waals surface area contributed by atoms with Crippen molar-refractivity contribution in [1.82, 2.24) is 4.98 Å². The first-order valence-corrected chi connectivity index (χ1v) is 8.74. The number of pyridine rings is 1. The summed E-state index contributed by atoms with van der Waals surface area (Å²) in [5, 5.41) is 5.20. The van der Waals surface area contributed by atoms with E-state index in [1.807, 2.05) is 0 Å². The maximum absolute atomic E-state index is 12.9. The van der Waals surface area contributed by atoms with E-state index in [2.05, 4.69) is 31.5 Å². The van der Waals surface area contributed by atoms with Crippen molar-refractivity contribution in [2.24, 2.45) is 0 Å². The minimum Gasteiger partial charge on any atom is -0.437 e. The van der Waals surface area contributed by atoms with E-state index in [1.54, 1.807) is 30.3 Å². The van der Waals surface area contributed by atoms with E-state index in [0.717, 1.165) is 16.6 Å². The van der Waals surface area contributed by atoms with Gasteiger partial charge in [0.05, 0.1) is 5.56 Å². The van der Waals surface area contributed by atoms with Crippen molar-refractivity contribution in [3.63, 3.8) is 0 Å². The minimum atomic E-state index is -4.49. The number of urea groups is 1. The van der Waals surface area contributed by atoms with Gasteiger partial charge in [-0.05, 0) is 54.6 Å². The Morgan fingerprint density at radius 2 is 1.75 bits per heavy atom. The fraction of sp³-hybridized carbons (Fsp3) is 0.0526. The predicted octanol–water partition coefficient (Wildman–Crippen LogP) is 6.30. The van der Waals surface area contributed by atoms with Crippen LogP contribution in [0.25, 0.3) is 0 Å². The second-order valence-corrected chi connectivity index (χ2v) is 6.49. The molecule has 0 atom stereocenters. The number of hydrogen-bond donors (Lipinski definition) is 2. The molecule has 3 aromatic rings. The van der Waals surface area contributed by atoms with E-state index < -0.39 is 17.8 Å². The summed E-state index contributed by atoms with van der Waals surface area (Å²) in [6.45, 7) is 0. The minimum absolute atomic E-state index is 0.0345. The third-order valence-corrected chi connectivity index (χ3v) is 4.03. The van der Waals surface area contributed by atoms with Crippen LogP contribution in [0.4, 0.5) is 29.3 Å². The van der Waals surface area contributed by atoms with Gasteiger partial charge in [-0.25, -0.2) is 9.78 Å². The van der Waals surface area contributed by atoms with E-state index in [9.17, 15) is 18.0 Å². The van der Waals surface area contributed by atoms with Crippen molar-refractivity contribution in [2.45, 2.75) is 6.18 Å². The number of hydrogen-bond acceptors (Lipinski definition) is 3. The van der Waals surface area contributed by atoms with E-state index >= 15 is 0 Å². The smallest absolute Gasteiger partial charge is 0.416 e. The molecule has 0 radical (unpaired) electrons. The molecule has 2 aromatic carbocycles. The van der Waals surface area contributed by atoms with Crippen molar-refractivity contribution in [3.8, 4) is 11.6 Å². The molecule has 0 aliphatic heterocycles. The van der Waals surface area contributed by atoms with Gasteiger partial charge in [0.15, 0.2) is 0 Å². The summed E-state index contributed by atoms with van der Waals surface area (Å²) in [7, 11) is 0. The summed E-state index contributed by atoms with van der Waals surface area (Å²) in [6, 6.07) is 13.9. The maximum Gasteiger partial charge on any atom is 0.416 e. The third-order valence-electron chi connectivity index (χ3n) is 3.50. The number of amides is 2. The Labute approximate surface area is 166 Å². The normalized spacial score (nSPS) is 11.0. The number of alkyl halides is 3. The number of benzene rings is 2. The molecule has 144 valence electrons. The summed E-state index contributed by atoms with van der Waals surface area (Å²) >= 11 is 3.30. The van der Waals surface area contributed by atoms with Crippen LogP contribution in [-0.4, -0.2) is 11.0 Å². The summed E-state index contributed by atoms with van der Waals surface area (Å²) < 4.78 is 44.9. The molecule has 0 unspecified atom stereocenters.